The number of ether oxygens (including phenoxy) is 1. The summed E-state index contributed by atoms with van der Waals surface area (Å²) < 4.78 is 4.99. The topological polar surface area (TPSA) is 41.5 Å². The Morgan fingerprint density at radius 3 is 2.81 bits per heavy atom. The molecule has 0 saturated heterocycles. The van der Waals surface area contributed by atoms with Gasteiger partial charge in [0.15, 0.2) is 11.5 Å². The molecule has 4 heteroatoms. The van der Waals surface area contributed by atoms with E-state index in [4.69, 9.17) is 4.74 Å². The Bertz CT molecular complexity index is 331. The molecule has 2 N–H and O–H groups in total. The normalized spacial score (nSPS) is 12.4. The lowest BCUT2D eigenvalue weighted by Crippen LogP contribution is -2.27. The van der Waals surface area contributed by atoms with Gasteiger partial charge in [0.2, 0.25) is 0 Å². The van der Waals surface area contributed by atoms with Gasteiger partial charge < -0.3 is 15.2 Å². The summed E-state index contributed by atoms with van der Waals surface area (Å²) >= 11 is 1.82. The Hall–Kier alpha value is -0.870. The third kappa shape index (κ3) is 3.94. The van der Waals surface area contributed by atoms with E-state index in [1.165, 1.54) is 0 Å². The Morgan fingerprint density at radius 1 is 1.50 bits per heavy atom. The fraction of sp³-hybridized carbons (Fsp3) is 0.500. The fourth-order valence-electron chi connectivity index (χ4n) is 1.45. The highest BCUT2D eigenvalue weighted by molar-refractivity contribution is 7.98. The monoisotopic (exact) mass is 241 g/mol. The van der Waals surface area contributed by atoms with Crippen molar-refractivity contribution in [3.63, 3.8) is 0 Å². The molecule has 3 nitrogen and oxygen atoms in total. The minimum absolute atomic E-state index is 0.194. The van der Waals surface area contributed by atoms with Crippen LogP contribution in [0.2, 0.25) is 0 Å². The van der Waals surface area contributed by atoms with Crippen LogP contribution in [0.4, 0.5) is 0 Å². The molecule has 1 unspecified atom stereocenters. The zero-order valence-corrected chi connectivity index (χ0v) is 10.8. The van der Waals surface area contributed by atoms with Crippen molar-refractivity contribution in [3.8, 4) is 11.5 Å². The van der Waals surface area contributed by atoms with Crippen molar-refractivity contribution in [1.82, 2.24) is 5.32 Å². The van der Waals surface area contributed by atoms with Crippen molar-refractivity contribution in [2.45, 2.75) is 19.5 Å². The largest absolute Gasteiger partial charge is 0.504 e. The van der Waals surface area contributed by atoms with Crippen molar-refractivity contribution < 1.29 is 9.84 Å². The van der Waals surface area contributed by atoms with Crippen molar-refractivity contribution in [2.75, 3.05) is 19.1 Å². The lowest BCUT2D eigenvalue weighted by molar-refractivity contribution is 0.373. The molecular formula is C12H19NO2S. The number of benzene rings is 1. The highest BCUT2D eigenvalue weighted by Crippen LogP contribution is 2.26. The summed E-state index contributed by atoms with van der Waals surface area (Å²) in [6, 6.07) is 5.94. The van der Waals surface area contributed by atoms with Gasteiger partial charge in [0, 0.05) is 18.3 Å². The standard InChI is InChI=1S/C12H19NO2S/c1-9(8-16-3)13-7-10-4-5-12(15-2)11(14)6-10/h4-6,9,13-14H,7-8H2,1-3H3. The molecule has 0 saturated carbocycles. The average Bonchev–Trinajstić information content (AvgIpc) is 2.27. The number of thioether (sulfide) groups is 1. The number of hydrogen-bond donors (Lipinski definition) is 2. The summed E-state index contributed by atoms with van der Waals surface area (Å²) in [6.07, 6.45) is 2.09. The van der Waals surface area contributed by atoms with Crippen LogP contribution in [0.25, 0.3) is 0 Å². The zero-order valence-electron chi connectivity index (χ0n) is 9.99. The van der Waals surface area contributed by atoms with Crippen LogP contribution in [0.15, 0.2) is 18.2 Å². The van der Waals surface area contributed by atoms with E-state index in [1.54, 1.807) is 19.2 Å². The van der Waals surface area contributed by atoms with E-state index < -0.39 is 0 Å². The van der Waals surface area contributed by atoms with Crippen LogP contribution in [-0.4, -0.2) is 30.3 Å². The Kier molecular flexibility index (Phi) is 5.49. The van der Waals surface area contributed by atoms with E-state index in [2.05, 4.69) is 18.5 Å². The van der Waals surface area contributed by atoms with Crippen LogP contribution in [0.5, 0.6) is 11.5 Å². The summed E-state index contributed by atoms with van der Waals surface area (Å²) in [4.78, 5) is 0. The van der Waals surface area contributed by atoms with Crippen LogP contribution in [0.1, 0.15) is 12.5 Å². The summed E-state index contributed by atoms with van der Waals surface area (Å²) in [5.41, 5.74) is 1.06. The molecule has 0 radical (unpaired) electrons. The molecule has 16 heavy (non-hydrogen) atoms. The van der Waals surface area contributed by atoms with E-state index in [1.807, 2.05) is 17.8 Å². The van der Waals surface area contributed by atoms with Gasteiger partial charge in [-0.1, -0.05) is 6.07 Å². The Labute approximate surface area is 101 Å². The highest BCUT2D eigenvalue weighted by Gasteiger charge is 2.04. The van der Waals surface area contributed by atoms with Gasteiger partial charge in [0.1, 0.15) is 0 Å². The number of methoxy groups -OCH3 is 1. The lowest BCUT2D eigenvalue weighted by Gasteiger charge is -2.13. The van der Waals surface area contributed by atoms with Crippen molar-refractivity contribution in [2.24, 2.45) is 0 Å². The molecule has 0 aromatic heterocycles. The fourth-order valence-corrected chi connectivity index (χ4v) is 2.06. The van der Waals surface area contributed by atoms with E-state index in [-0.39, 0.29) is 5.75 Å². The minimum Gasteiger partial charge on any atom is -0.504 e. The molecule has 0 spiro atoms. The molecule has 0 amide bonds. The van der Waals surface area contributed by atoms with Gasteiger partial charge in [-0.25, -0.2) is 0 Å². The number of nitrogens with one attached hydrogen (secondary N) is 1. The molecule has 1 aromatic carbocycles. The molecule has 1 rings (SSSR count). The van der Waals surface area contributed by atoms with Gasteiger partial charge in [-0.15, -0.1) is 0 Å². The van der Waals surface area contributed by atoms with Crippen LogP contribution in [0.3, 0.4) is 0 Å². The second kappa shape index (κ2) is 6.66. The number of phenols is 1. The number of hydrogen-bond acceptors (Lipinski definition) is 4. The summed E-state index contributed by atoms with van der Waals surface area (Å²) in [5.74, 6) is 1.79. The SMILES string of the molecule is COc1ccc(CNC(C)CSC)cc1O. The maximum Gasteiger partial charge on any atom is 0.160 e. The van der Waals surface area contributed by atoms with Crippen molar-refractivity contribution in [1.29, 1.82) is 0 Å². The smallest absolute Gasteiger partial charge is 0.160 e. The lowest BCUT2D eigenvalue weighted by atomic mass is 10.2. The van der Waals surface area contributed by atoms with Gasteiger partial charge in [-0.05, 0) is 30.9 Å². The molecule has 1 aromatic rings. The average molecular weight is 241 g/mol. The summed E-state index contributed by atoms with van der Waals surface area (Å²) in [5, 5.41) is 13.0. The van der Waals surface area contributed by atoms with Gasteiger partial charge >= 0.3 is 0 Å². The Morgan fingerprint density at radius 2 is 2.25 bits per heavy atom. The maximum absolute atomic E-state index is 9.60. The van der Waals surface area contributed by atoms with Gasteiger partial charge in [0.05, 0.1) is 7.11 Å². The molecular weight excluding hydrogens is 222 g/mol. The predicted octanol–water partition coefficient (Wildman–Crippen LogP) is 2.24. The van der Waals surface area contributed by atoms with Gasteiger partial charge in [-0.2, -0.15) is 11.8 Å². The first-order chi connectivity index (χ1) is 7.67. The first-order valence-corrected chi connectivity index (χ1v) is 6.65. The quantitative estimate of drug-likeness (QED) is 0.801. The third-order valence-corrected chi connectivity index (χ3v) is 3.15. The molecule has 0 aliphatic carbocycles. The second-order valence-corrected chi connectivity index (χ2v) is 4.65. The Balaban J connectivity index is 2.51. The molecule has 0 fully saturated rings. The van der Waals surface area contributed by atoms with Gasteiger partial charge in [-0.3, -0.25) is 0 Å². The zero-order chi connectivity index (χ0) is 12.0. The minimum atomic E-state index is 0.194. The first kappa shape index (κ1) is 13.2. The molecule has 1 atom stereocenters. The molecule has 90 valence electrons. The van der Waals surface area contributed by atoms with E-state index in [9.17, 15) is 5.11 Å². The van der Waals surface area contributed by atoms with Crippen molar-refractivity contribution in [3.05, 3.63) is 23.8 Å². The number of aromatic hydroxyl groups is 1. The number of rotatable bonds is 6. The van der Waals surface area contributed by atoms with E-state index in [0.717, 1.165) is 17.9 Å². The van der Waals surface area contributed by atoms with Crippen LogP contribution in [0, 0.1) is 0 Å². The predicted molar refractivity (Wildman–Crippen MR) is 69.3 cm³/mol. The molecule has 0 heterocycles. The number of phenolic OH excluding ortho intramolecular Hbond substituents is 1. The first-order valence-electron chi connectivity index (χ1n) is 5.25. The van der Waals surface area contributed by atoms with Crippen LogP contribution >= 0.6 is 11.8 Å². The van der Waals surface area contributed by atoms with Crippen molar-refractivity contribution >= 4 is 11.8 Å². The second-order valence-electron chi connectivity index (χ2n) is 3.74. The van der Waals surface area contributed by atoms with E-state index >= 15 is 0 Å². The third-order valence-electron chi connectivity index (χ3n) is 2.31. The molecule has 0 bridgehead atoms. The summed E-state index contributed by atoms with van der Waals surface area (Å²) in [6.45, 7) is 2.92. The maximum atomic E-state index is 9.60. The molecule has 0 aliphatic heterocycles. The van der Waals surface area contributed by atoms with E-state index in [0.29, 0.717) is 11.8 Å². The molecule has 0 aliphatic rings. The summed E-state index contributed by atoms with van der Waals surface area (Å²) in [7, 11) is 1.55. The highest BCUT2D eigenvalue weighted by atomic mass is 32.2. The van der Waals surface area contributed by atoms with Crippen LogP contribution < -0.4 is 10.1 Å². The van der Waals surface area contributed by atoms with Gasteiger partial charge in [0.25, 0.3) is 0 Å². The van der Waals surface area contributed by atoms with Crippen LogP contribution in [-0.2, 0) is 6.54 Å².